The molecule has 12 heavy (non-hydrogen) atoms. The molecular weight excluding hydrogens is 152 g/mol. The fourth-order valence-electron chi connectivity index (χ4n) is 0.894. The highest BCUT2D eigenvalue weighted by Gasteiger charge is 2.27. The summed E-state index contributed by atoms with van der Waals surface area (Å²) >= 11 is 0. The lowest BCUT2D eigenvalue weighted by molar-refractivity contribution is -0.126. The Kier molecular flexibility index (Phi) is 2.73. The van der Waals surface area contributed by atoms with Crippen molar-refractivity contribution in [2.75, 3.05) is 13.6 Å². The fraction of sp³-hybridized carbons (Fsp3) is 0.889. The van der Waals surface area contributed by atoms with E-state index in [2.05, 4.69) is 10.6 Å². The first kappa shape index (κ1) is 9.52. The van der Waals surface area contributed by atoms with Crippen LogP contribution < -0.4 is 10.6 Å². The zero-order valence-corrected chi connectivity index (χ0v) is 8.11. The van der Waals surface area contributed by atoms with Gasteiger partial charge in [0.25, 0.3) is 0 Å². The molecule has 0 saturated heterocycles. The van der Waals surface area contributed by atoms with Crippen LogP contribution in [0.3, 0.4) is 0 Å². The number of nitrogens with one attached hydrogen (secondary N) is 2. The van der Waals surface area contributed by atoms with Crippen LogP contribution in [0.1, 0.15) is 26.7 Å². The van der Waals surface area contributed by atoms with Gasteiger partial charge in [0.2, 0.25) is 5.91 Å². The Hall–Kier alpha value is -0.570. The Bertz CT molecular complexity index is 173. The first-order valence-electron chi connectivity index (χ1n) is 4.53. The van der Waals surface area contributed by atoms with E-state index in [0.29, 0.717) is 0 Å². The molecule has 1 aliphatic rings. The molecule has 0 aliphatic heterocycles. The lowest BCUT2D eigenvalue weighted by atomic mass is 10.1. The summed E-state index contributed by atoms with van der Waals surface area (Å²) < 4.78 is 0. The number of likely N-dealkylation sites (N-methyl/N-ethyl adjacent to an activating group) is 1. The second-order valence-corrected chi connectivity index (χ2v) is 4.03. The monoisotopic (exact) mass is 170 g/mol. The summed E-state index contributed by atoms with van der Waals surface area (Å²) in [5.41, 5.74) is -0.436. The number of carbonyl (C=O) groups is 1. The van der Waals surface area contributed by atoms with Crippen molar-refractivity contribution >= 4 is 5.91 Å². The zero-order chi connectivity index (χ0) is 9.19. The second kappa shape index (κ2) is 3.44. The Morgan fingerprint density at radius 1 is 1.50 bits per heavy atom. The smallest absolute Gasteiger partial charge is 0.239 e. The number of hydrogen-bond acceptors (Lipinski definition) is 2. The van der Waals surface area contributed by atoms with E-state index in [4.69, 9.17) is 0 Å². The topological polar surface area (TPSA) is 41.1 Å². The van der Waals surface area contributed by atoms with Gasteiger partial charge in [-0.2, -0.15) is 0 Å². The van der Waals surface area contributed by atoms with E-state index in [9.17, 15) is 4.79 Å². The van der Waals surface area contributed by atoms with Crippen molar-refractivity contribution in [2.45, 2.75) is 32.2 Å². The largest absolute Gasteiger partial charge is 0.354 e. The Balaban J connectivity index is 2.25. The molecule has 0 spiro atoms. The van der Waals surface area contributed by atoms with Crippen LogP contribution in [0, 0.1) is 5.92 Å². The highest BCUT2D eigenvalue weighted by Crippen LogP contribution is 2.27. The summed E-state index contributed by atoms with van der Waals surface area (Å²) in [5.74, 6) is 0.846. The minimum absolute atomic E-state index is 0.0944. The first-order chi connectivity index (χ1) is 5.56. The Morgan fingerprint density at radius 2 is 2.08 bits per heavy atom. The van der Waals surface area contributed by atoms with Crippen LogP contribution in [0.4, 0.5) is 0 Å². The van der Waals surface area contributed by atoms with Gasteiger partial charge in [0.15, 0.2) is 0 Å². The van der Waals surface area contributed by atoms with E-state index in [-0.39, 0.29) is 5.91 Å². The molecule has 0 radical (unpaired) electrons. The second-order valence-electron chi connectivity index (χ2n) is 4.03. The van der Waals surface area contributed by atoms with E-state index < -0.39 is 5.54 Å². The Labute approximate surface area is 73.9 Å². The maximum atomic E-state index is 11.5. The number of carbonyl (C=O) groups excluding carboxylic acids is 1. The van der Waals surface area contributed by atoms with Gasteiger partial charge in [-0.1, -0.05) is 0 Å². The molecule has 0 atom stereocenters. The molecule has 1 fully saturated rings. The van der Waals surface area contributed by atoms with Crippen molar-refractivity contribution in [1.82, 2.24) is 10.6 Å². The van der Waals surface area contributed by atoms with Crippen molar-refractivity contribution in [3.8, 4) is 0 Å². The maximum Gasteiger partial charge on any atom is 0.239 e. The molecule has 0 unspecified atom stereocenters. The van der Waals surface area contributed by atoms with E-state index in [1.165, 1.54) is 12.8 Å². The standard InChI is InChI=1S/C9H18N2O/c1-9(2,10-3)8(12)11-6-7-4-5-7/h7,10H,4-6H2,1-3H3,(H,11,12). The number of amides is 1. The average Bonchev–Trinajstić information content (AvgIpc) is 2.83. The van der Waals surface area contributed by atoms with Crippen LogP contribution in [-0.2, 0) is 4.79 Å². The van der Waals surface area contributed by atoms with Gasteiger partial charge in [-0.05, 0) is 39.7 Å². The van der Waals surface area contributed by atoms with Gasteiger partial charge in [0.05, 0.1) is 5.54 Å². The highest BCUT2D eigenvalue weighted by atomic mass is 16.2. The molecule has 2 N–H and O–H groups in total. The molecule has 0 bridgehead atoms. The molecule has 0 aromatic rings. The predicted molar refractivity (Wildman–Crippen MR) is 48.9 cm³/mol. The van der Waals surface area contributed by atoms with Gasteiger partial charge in [0.1, 0.15) is 0 Å². The lowest BCUT2D eigenvalue weighted by Gasteiger charge is -2.22. The summed E-state index contributed by atoms with van der Waals surface area (Å²) in [7, 11) is 1.80. The third-order valence-electron chi connectivity index (χ3n) is 2.44. The molecular formula is C9H18N2O. The minimum Gasteiger partial charge on any atom is -0.354 e. The molecule has 3 heteroatoms. The zero-order valence-electron chi connectivity index (χ0n) is 8.11. The van der Waals surface area contributed by atoms with Crippen molar-refractivity contribution < 1.29 is 4.79 Å². The van der Waals surface area contributed by atoms with Crippen LogP contribution in [0.5, 0.6) is 0 Å². The number of hydrogen-bond donors (Lipinski definition) is 2. The van der Waals surface area contributed by atoms with Gasteiger partial charge in [-0.15, -0.1) is 0 Å². The fourth-order valence-corrected chi connectivity index (χ4v) is 0.894. The van der Waals surface area contributed by atoms with Crippen LogP contribution in [-0.4, -0.2) is 25.0 Å². The molecule has 0 heterocycles. The van der Waals surface area contributed by atoms with E-state index in [1.807, 2.05) is 13.8 Å². The predicted octanol–water partition coefficient (Wildman–Crippen LogP) is 0.511. The van der Waals surface area contributed by atoms with Crippen molar-refractivity contribution in [1.29, 1.82) is 0 Å². The third-order valence-corrected chi connectivity index (χ3v) is 2.44. The average molecular weight is 170 g/mol. The molecule has 1 rings (SSSR count). The van der Waals surface area contributed by atoms with Gasteiger partial charge < -0.3 is 10.6 Å². The molecule has 3 nitrogen and oxygen atoms in total. The molecule has 1 amide bonds. The first-order valence-corrected chi connectivity index (χ1v) is 4.53. The van der Waals surface area contributed by atoms with Gasteiger partial charge in [-0.25, -0.2) is 0 Å². The highest BCUT2D eigenvalue weighted by molar-refractivity contribution is 5.85. The minimum atomic E-state index is -0.436. The van der Waals surface area contributed by atoms with Gasteiger partial charge >= 0.3 is 0 Å². The van der Waals surface area contributed by atoms with Gasteiger partial charge in [0, 0.05) is 6.54 Å². The molecule has 70 valence electrons. The van der Waals surface area contributed by atoms with Crippen LogP contribution in [0.2, 0.25) is 0 Å². The summed E-state index contributed by atoms with van der Waals surface area (Å²) in [5, 5.41) is 5.91. The van der Waals surface area contributed by atoms with Crippen molar-refractivity contribution in [3.63, 3.8) is 0 Å². The summed E-state index contributed by atoms with van der Waals surface area (Å²) in [6.07, 6.45) is 2.56. The van der Waals surface area contributed by atoms with Crippen molar-refractivity contribution in [3.05, 3.63) is 0 Å². The molecule has 0 aromatic heterocycles. The summed E-state index contributed by atoms with van der Waals surface area (Å²) in [6, 6.07) is 0. The SMILES string of the molecule is CNC(C)(C)C(=O)NCC1CC1. The maximum absolute atomic E-state index is 11.5. The van der Waals surface area contributed by atoms with E-state index in [1.54, 1.807) is 7.05 Å². The summed E-state index contributed by atoms with van der Waals surface area (Å²) in [4.78, 5) is 11.5. The van der Waals surface area contributed by atoms with Crippen LogP contribution >= 0.6 is 0 Å². The normalized spacial score (nSPS) is 17.6. The molecule has 0 aromatic carbocycles. The number of rotatable bonds is 4. The Morgan fingerprint density at radius 3 is 2.50 bits per heavy atom. The lowest BCUT2D eigenvalue weighted by Crippen LogP contribution is -2.51. The van der Waals surface area contributed by atoms with E-state index in [0.717, 1.165) is 12.5 Å². The summed E-state index contributed by atoms with van der Waals surface area (Å²) in [6.45, 7) is 4.62. The third kappa shape index (κ3) is 2.48. The van der Waals surface area contributed by atoms with E-state index >= 15 is 0 Å². The molecule has 1 saturated carbocycles. The van der Waals surface area contributed by atoms with Crippen LogP contribution in [0.25, 0.3) is 0 Å². The van der Waals surface area contributed by atoms with Crippen LogP contribution in [0.15, 0.2) is 0 Å². The van der Waals surface area contributed by atoms with Gasteiger partial charge in [-0.3, -0.25) is 4.79 Å². The van der Waals surface area contributed by atoms with Crippen molar-refractivity contribution in [2.24, 2.45) is 5.92 Å². The quantitative estimate of drug-likeness (QED) is 0.645. The molecule has 1 aliphatic carbocycles.